The number of halogens is 3. The summed E-state index contributed by atoms with van der Waals surface area (Å²) in [7, 11) is 0. The minimum atomic E-state index is -1.73. The number of nitrogens with one attached hydrogen (secondary N) is 1. The van der Waals surface area contributed by atoms with Crippen LogP contribution < -0.4 is 5.48 Å². The molecule has 0 radical (unpaired) electrons. The van der Waals surface area contributed by atoms with Crippen molar-refractivity contribution in [1.29, 1.82) is 0 Å². The van der Waals surface area contributed by atoms with E-state index in [1.54, 1.807) is 12.2 Å². The van der Waals surface area contributed by atoms with Crippen molar-refractivity contribution in [3.63, 3.8) is 0 Å². The summed E-state index contributed by atoms with van der Waals surface area (Å²) in [5, 5.41) is 9.54. The van der Waals surface area contributed by atoms with Crippen molar-refractivity contribution in [2.24, 2.45) is 0 Å². The normalized spacial score (nSPS) is 19.2. The van der Waals surface area contributed by atoms with Crippen LogP contribution in [0.25, 0.3) is 0 Å². The maximum atomic E-state index is 11.7. The first kappa shape index (κ1) is 20.6. The first-order valence-electron chi connectivity index (χ1n) is 7.61. The predicted octanol–water partition coefficient (Wildman–Crippen LogP) is 3.89. The van der Waals surface area contributed by atoms with Gasteiger partial charge in [0, 0.05) is 6.54 Å². The Hall–Kier alpha value is -1.67. The largest absolute Gasteiger partial charge is 0.465 e. The number of amides is 2. The lowest BCUT2D eigenvalue weighted by Gasteiger charge is -2.29. The molecule has 0 saturated carbocycles. The Morgan fingerprint density at radius 2 is 1.96 bits per heavy atom. The van der Waals surface area contributed by atoms with Crippen molar-refractivity contribution in [2.75, 3.05) is 6.61 Å². The van der Waals surface area contributed by atoms with Crippen LogP contribution in [0.1, 0.15) is 12.0 Å². The SMILES string of the molecule is O=C(NO[C@@H]1CC=C[C@@H]1N(Cc1ccccc1)C(=O)O)OCC(Cl)(Cl)Cl. The van der Waals surface area contributed by atoms with Gasteiger partial charge in [-0.25, -0.2) is 9.59 Å². The predicted molar refractivity (Wildman–Crippen MR) is 97.2 cm³/mol. The molecular formula is C16H17Cl3N2O5. The standard InChI is InChI=1S/C16H17Cl3N2O5/c17-16(18,19)10-25-14(22)20-26-13-8-4-7-12(13)21(15(23)24)9-11-5-2-1-3-6-11/h1-7,12-13H,8-10H2,(H,20,22)(H,23,24)/t12-,13+/m0/s1. The molecule has 2 N–H and O–H groups in total. The number of carbonyl (C=O) groups is 2. The van der Waals surface area contributed by atoms with Gasteiger partial charge in [-0.2, -0.15) is 5.48 Å². The van der Waals surface area contributed by atoms with Gasteiger partial charge in [-0.3, -0.25) is 9.74 Å². The summed E-state index contributed by atoms with van der Waals surface area (Å²) in [4.78, 5) is 29.8. The summed E-state index contributed by atoms with van der Waals surface area (Å²) >= 11 is 16.5. The van der Waals surface area contributed by atoms with Crippen LogP contribution in [-0.4, -0.2) is 44.7 Å². The van der Waals surface area contributed by atoms with Crippen molar-refractivity contribution in [3.8, 4) is 0 Å². The Bertz CT molecular complexity index is 651. The number of rotatable bonds is 6. The molecule has 1 aromatic rings. The molecule has 0 aromatic heterocycles. The Morgan fingerprint density at radius 3 is 2.58 bits per heavy atom. The van der Waals surface area contributed by atoms with Crippen LogP contribution in [0.5, 0.6) is 0 Å². The second-order valence-electron chi connectivity index (χ2n) is 5.50. The van der Waals surface area contributed by atoms with Crippen molar-refractivity contribution in [2.45, 2.75) is 28.9 Å². The van der Waals surface area contributed by atoms with Gasteiger partial charge < -0.3 is 9.84 Å². The fourth-order valence-electron chi connectivity index (χ4n) is 2.42. The zero-order valence-electron chi connectivity index (χ0n) is 13.5. The highest BCUT2D eigenvalue weighted by Crippen LogP contribution is 2.26. The lowest BCUT2D eigenvalue weighted by atomic mass is 10.1. The van der Waals surface area contributed by atoms with Gasteiger partial charge in [0.2, 0.25) is 3.79 Å². The van der Waals surface area contributed by atoms with Crippen molar-refractivity contribution in [1.82, 2.24) is 10.4 Å². The lowest BCUT2D eigenvalue weighted by molar-refractivity contribution is -0.0453. The summed E-state index contributed by atoms with van der Waals surface area (Å²) in [6.45, 7) is -0.267. The molecule has 26 heavy (non-hydrogen) atoms. The molecule has 0 saturated heterocycles. The third-order valence-electron chi connectivity index (χ3n) is 3.54. The Labute approximate surface area is 165 Å². The maximum Gasteiger partial charge on any atom is 0.431 e. The van der Waals surface area contributed by atoms with E-state index in [-0.39, 0.29) is 6.54 Å². The number of hydrogen-bond acceptors (Lipinski definition) is 4. The summed E-state index contributed by atoms with van der Waals surface area (Å²) in [6, 6.07) is 8.60. The molecule has 0 heterocycles. The van der Waals surface area contributed by atoms with Crippen LogP contribution >= 0.6 is 34.8 Å². The highest BCUT2D eigenvalue weighted by molar-refractivity contribution is 6.67. The Balaban J connectivity index is 1.93. The molecule has 0 bridgehead atoms. The number of carbonyl (C=O) groups excluding carboxylic acids is 1. The molecule has 0 fully saturated rings. The van der Waals surface area contributed by atoms with Gasteiger partial charge in [0.15, 0.2) is 0 Å². The van der Waals surface area contributed by atoms with Crippen LogP contribution in [0.15, 0.2) is 42.5 Å². The van der Waals surface area contributed by atoms with E-state index in [1.165, 1.54) is 4.90 Å². The molecular weight excluding hydrogens is 407 g/mol. The average Bonchev–Trinajstić information content (AvgIpc) is 3.04. The average molecular weight is 424 g/mol. The van der Waals surface area contributed by atoms with Crippen LogP contribution in [0.4, 0.5) is 9.59 Å². The minimum absolute atomic E-state index is 0.183. The van der Waals surface area contributed by atoms with E-state index >= 15 is 0 Å². The van der Waals surface area contributed by atoms with Gasteiger partial charge in [0.05, 0.1) is 6.04 Å². The van der Waals surface area contributed by atoms with Crippen LogP contribution in [0, 0.1) is 0 Å². The lowest BCUT2D eigenvalue weighted by Crippen LogP contribution is -2.46. The molecule has 1 aromatic carbocycles. The third kappa shape index (κ3) is 6.57. The highest BCUT2D eigenvalue weighted by atomic mass is 35.6. The number of hydroxylamine groups is 1. The Morgan fingerprint density at radius 1 is 1.27 bits per heavy atom. The Kier molecular flexibility index (Phi) is 7.40. The molecule has 1 aliphatic carbocycles. The number of alkyl halides is 3. The van der Waals surface area contributed by atoms with E-state index < -0.39 is 34.7 Å². The zero-order valence-corrected chi connectivity index (χ0v) is 15.7. The first-order valence-corrected chi connectivity index (χ1v) is 8.75. The molecule has 0 spiro atoms. The van der Waals surface area contributed by atoms with Gasteiger partial charge in [-0.1, -0.05) is 77.3 Å². The summed E-state index contributed by atoms with van der Waals surface area (Å²) in [5.41, 5.74) is 2.93. The molecule has 2 amide bonds. The molecule has 10 heteroatoms. The van der Waals surface area contributed by atoms with E-state index in [4.69, 9.17) is 39.6 Å². The van der Waals surface area contributed by atoms with E-state index in [0.717, 1.165) is 5.56 Å². The van der Waals surface area contributed by atoms with Gasteiger partial charge >= 0.3 is 12.2 Å². The number of hydrogen-bond donors (Lipinski definition) is 2. The fourth-order valence-corrected chi connectivity index (χ4v) is 2.58. The monoisotopic (exact) mass is 422 g/mol. The smallest absolute Gasteiger partial charge is 0.431 e. The van der Waals surface area contributed by atoms with E-state index in [1.807, 2.05) is 30.3 Å². The van der Waals surface area contributed by atoms with Gasteiger partial charge in [-0.15, -0.1) is 0 Å². The first-order chi connectivity index (χ1) is 12.3. The molecule has 1 aliphatic rings. The molecule has 0 unspecified atom stereocenters. The maximum absolute atomic E-state index is 11.7. The van der Waals surface area contributed by atoms with Crippen molar-refractivity contribution >= 4 is 47.0 Å². The number of carboxylic acid groups (broad SMARTS) is 1. The fraction of sp³-hybridized carbons (Fsp3) is 0.375. The number of ether oxygens (including phenoxy) is 1. The topological polar surface area (TPSA) is 88.1 Å². The van der Waals surface area contributed by atoms with Crippen LogP contribution in [0.2, 0.25) is 0 Å². The van der Waals surface area contributed by atoms with E-state index in [2.05, 4.69) is 10.2 Å². The van der Waals surface area contributed by atoms with Gasteiger partial charge in [0.25, 0.3) is 0 Å². The van der Waals surface area contributed by atoms with Crippen molar-refractivity contribution in [3.05, 3.63) is 48.0 Å². The van der Waals surface area contributed by atoms with E-state index in [9.17, 15) is 14.7 Å². The second-order valence-corrected chi connectivity index (χ2v) is 8.02. The minimum Gasteiger partial charge on any atom is -0.465 e. The summed E-state index contributed by atoms with van der Waals surface area (Å²) in [5.74, 6) is 0. The van der Waals surface area contributed by atoms with Gasteiger partial charge in [-0.05, 0) is 12.0 Å². The zero-order chi connectivity index (χ0) is 19.2. The number of nitrogens with zero attached hydrogens (tertiary/aromatic N) is 1. The van der Waals surface area contributed by atoms with Crippen molar-refractivity contribution < 1.29 is 24.3 Å². The number of benzene rings is 1. The van der Waals surface area contributed by atoms with Gasteiger partial charge in [0.1, 0.15) is 12.7 Å². The second kappa shape index (κ2) is 9.32. The molecule has 0 aliphatic heterocycles. The van der Waals surface area contributed by atoms with Crippen LogP contribution in [0.3, 0.4) is 0 Å². The summed E-state index contributed by atoms with van der Waals surface area (Å²) in [6.07, 6.45) is 1.29. The van der Waals surface area contributed by atoms with E-state index in [0.29, 0.717) is 6.42 Å². The molecule has 7 nitrogen and oxygen atoms in total. The molecule has 142 valence electrons. The molecule has 2 rings (SSSR count). The molecule has 2 atom stereocenters. The summed E-state index contributed by atoms with van der Waals surface area (Å²) < 4.78 is 2.95. The third-order valence-corrected chi connectivity index (χ3v) is 3.87. The van der Waals surface area contributed by atoms with Crippen LogP contribution in [-0.2, 0) is 16.1 Å². The highest BCUT2D eigenvalue weighted by Gasteiger charge is 2.33. The quantitative estimate of drug-likeness (QED) is 0.412.